The summed E-state index contributed by atoms with van der Waals surface area (Å²) in [5.74, 6) is 0. The smallest absolute Gasteiger partial charge is 0.108 e. The topological polar surface area (TPSA) is 21.3 Å². The molecule has 1 saturated heterocycles. The van der Waals surface area contributed by atoms with Crippen LogP contribution >= 0.6 is 0 Å². The first-order valence-corrected chi connectivity index (χ1v) is 3.01. The summed E-state index contributed by atoms with van der Waals surface area (Å²) >= 11 is 0. The second-order valence-electron chi connectivity index (χ2n) is 1.99. The van der Waals surface area contributed by atoms with E-state index in [-0.39, 0.29) is 6.23 Å². The van der Waals surface area contributed by atoms with E-state index in [4.69, 9.17) is 4.74 Å². The van der Waals surface area contributed by atoms with E-state index in [2.05, 4.69) is 11.7 Å². The fourth-order valence-corrected chi connectivity index (χ4v) is 0.879. The highest BCUT2D eigenvalue weighted by atomic mass is 16.5. The molecule has 2 heteroatoms. The molecule has 1 fully saturated rings. The number of hydrogen-bond donors (Lipinski definition) is 1. The Balaban J connectivity index is 2.13. The Morgan fingerprint density at radius 2 is 2.62 bits per heavy atom. The van der Waals surface area contributed by atoms with Crippen molar-refractivity contribution in [2.75, 3.05) is 13.7 Å². The number of hydrogen-bond acceptors (Lipinski definition) is 2. The van der Waals surface area contributed by atoms with Gasteiger partial charge in [-0.3, -0.25) is 5.32 Å². The summed E-state index contributed by atoms with van der Waals surface area (Å²) in [6, 6.07) is 0. The van der Waals surface area contributed by atoms with Crippen LogP contribution in [-0.2, 0) is 4.74 Å². The van der Waals surface area contributed by atoms with E-state index in [9.17, 15) is 0 Å². The van der Waals surface area contributed by atoms with E-state index in [0.717, 1.165) is 13.0 Å². The fourth-order valence-electron chi connectivity index (χ4n) is 0.879. The Morgan fingerprint density at radius 1 is 1.75 bits per heavy atom. The van der Waals surface area contributed by atoms with Gasteiger partial charge in [-0.2, -0.15) is 0 Å². The average Bonchev–Trinajstić information content (AvgIpc) is 1.90. The van der Waals surface area contributed by atoms with Gasteiger partial charge in [-0.15, -0.1) is 0 Å². The third-order valence-corrected chi connectivity index (χ3v) is 1.39. The van der Waals surface area contributed by atoms with Crippen molar-refractivity contribution in [2.24, 2.45) is 0 Å². The maximum Gasteiger partial charge on any atom is 0.108 e. The van der Waals surface area contributed by atoms with Crippen LogP contribution in [0, 0.1) is 6.42 Å². The van der Waals surface area contributed by atoms with Crippen molar-refractivity contribution >= 4 is 0 Å². The van der Waals surface area contributed by atoms with Crippen LogP contribution in [0.5, 0.6) is 0 Å². The van der Waals surface area contributed by atoms with Gasteiger partial charge in [0.2, 0.25) is 0 Å². The van der Waals surface area contributed by atoms with Gasteiger partial charge in [0, 0.05) is 7.11 Å². The molecule has 1 unspecified atom stereocenters. The van der Waals surface area contributed by atoms with Gasteiger partial charge in [0.05, 0.1) is 0 Å². The summed E-state index contributed by atoms with van der Waals surface area (Å²) in [7, 11) is 1.73. The maximum absolute atomic E-state index is 5.05. The van der Waals surface area contributed by atoms with Gasteiger partial charge in [-0.1, -0.05) is 0 Å². The predicted molar refractivity (Wildman–Crippen MR) is 32.3 cm³/mol. The highest BCUT2D eigenvalue weighted by Crippen LogP contribution is 2.04. The molecule has 8 heavy (non-hydrogen) atoms. The lowest BCUT2D eigenvalue weighted by Gasteiger charge is -2.20. The highest BCUT2D eigenvalue weighted by molar-refractivity contribution is 4.76. The minimum Gasteiger partial charge on any atom is -0.367 e. The molecule has 47 valence electrons. The van der Waals surface area contributed by atoms with E-state index < -0.39 is 0 Å². The van der Waals surface area contributed by atoms with E-state index in [1.54, 1.807) is 7.11 Å². The molecule has 0 saturated carbocycles. The van der Waals surface area contributed by atoms with E-state index in [1.165, 1.54) is 6.42 Å². The third kappa shape index (κ3) is 1.46. The van der Waals surface area contributed by atoms with Crippen LogP contribution in [0.3, 0.4) is 0 Å². The largest absolute Gasteiger partial charge is 0.367 e. The minimum atomic E-state index is 0.281. The van der Waals surface area contributed by atoms with Crippen molar-refractivity contribution in [3.63, 3.8) is 0 Å². The van der Waals surface area contributed by atoms with Gasteiger partial charge in [0.25, 0.3) is 0 Å². The molecule has 0 aromatic heterocycles. The lowest BCUT2D eigenvalue weighted by Crippen LogP contribution is -2.35. The summed E-state index contributed by atoms with van der Waals surface area (Å²) in [6.07, 6.45) is 4.77. The molecule has 2 nitrogen and oxygen atoms in total. The fraction of sp³-hybridized carbons (Fsp3) is 0.833. The van der Waals surface area contributed by atoms with Crippen LogP contribution in [-0.4, -0.2) is 19.9 Å². The lowest BCUT2D eigenvalue weighted by atomic mass is 10.1. The number of methoxy groups -OCH3 is 1. The van der Waals surface area contributed by atoms with E-state index in [0.29, 0.717) is 0 Å². The first-order chi connectivity index (χ1) is 3.93. The summed E-state index contributed by atoms with van der Waals surface area (Å²) in [6.45, 7) is 1.07. The molecular formula is C6H12NO. The molecule has 1 aliphatic rings. The summed E-state index contributed by atoms with van der Waals surface area (Å²) in [5.41, 5.74) is 0. The van der Waals surface area contributed by atoms with Crippen LogP contribution in [0.25, 0.3) is 0 Å². The Bertz CT molecular complexity index is 59.5. The SMILES string of the molecule is COC1C[CH]CCN1. The molecule has 0 bridgehead atoms. The Hall–Kier alpha value is -0.0800. The molecule has 1 aliphatic heterocycles. The molecule has 1 radical (unpaired) electrons. The molecule has 0 amide bonds. The van der Waals surface area contributed by atoms with Gasteiger partial charge in [0.1, 0.15) is 6.23 Å². The number of rotatable bonds is 1. The predicted octanol–water partition coefficient (Wildman–Crippen LogP) is 0.547. The van der Waals surface area contributed by atoms with Gasteiger partial charge >= 0.3 is 0 Å². The zero-order chi connectivity index (χ0) is 5.82. The standard InChI is InChI=1S/C6H12NO/c1-8-6-4-2-3-5-7-6/h2,6-7H,3-5H2,1H3. The normalized spacial score (nSPS) is 30.4. The van der Waals surface area contributed by atoms with Crippen molar-refractivity contribution in [1.82, 2.24) is 5.32 Å². The second-order valence-corrected chi connectivity index (χ2v) is 1.99. The van der Waals surface area contributed by atoms with Crippen molar-refractivity contribution in [2.45, 2.75) is 19.1 Å². The summed E-state index contributed by atoms with van der Waals surface area (Å²) < 4.78 is 5.05. The van der Waals surface area contributed by atoms with Gasteiger partial charge in [-0.05, 0) is 25.8 Å². The molecule has 0 aromatic rings. The minimum absolute atomic E-state index is 0.281. The second kappa shape index (κ2) is 3.05. The first-order valence-electron chi connectivity index (χ1n) is 3.01. The Labute approximate surface area is 50.2 Å². The maximum atomic E-state index is 5.05. The van der Waals surface area contributed by atoms with Crippen LogP contribution in [0.2, 0.25) is 0 Å². The Kier molecular flexibility index (Phi) is 2.30. The van der Waals surface area contributed by atoms with Crippen LogP contribution in [0.4, 0.5) is 0 Å². The zero-order valence-electron chi connectivity index (χ0n) is 5.18. The van der Waals surface area contributed by atoms with Crippen LogP contribution in [0.15, 0.2) is 0 Å². The van der Waals surface area contributed by atoms with Crippen molar-refractivity contribution in [3.8, 4) is 0 Å². The van der Waals surface area contributed by atoms with Gasteiger partial charge < -0.3 is 4.74 Å². The monoisotopic (exact) mass is 114 g/mol. The van der Waals surface area contributed by atoms with Crippen molar-refractivity contribution < 1.29 is 4.74 Å². The van der Waals surface area contributed by atoms with Crippen LogP contribution < -0.4 is 5.32 Å². The molecule has 0 aromatic carbocycles. The quantitative estimate of drug-likeness (QED) is 0.537. The van der Waals surface area contributed by atoms with Crippen LogP contribution in [0.1, 0.15) is 12.8 Å². The van der Waals surface area contributed by atoms with Gasteiger partial charge in [-0.25, -0.2) is 0 Å². The van der Waals surface area contributed by atoms with E-state index in [1.807, 2.05) is 0 Å². The molecule has 1 N–H and O–H groups in total. The number of ether oxygens (including phenoxy) is 1. The Morgan fingerprint density at radius 3 is 3.00 bits per heavy atom. The molecule has 1 rings (SSSR count). The average molecular weight is 114 g/mol. The zero-order valence-corrected chi connectivity index (χ0v) is 5.18. The molecule has 1 atom stereocenters. The lowest BCUT2D eigenvalue weighted by molar-refractivity contribution is 0.0648. The van der Waals surface area contributed by atoms with Crippen molar-refractivity contribution in [1.29, 1.82) is 0 Å². The molecule has 0 aliphatic carbocycles. The van der Waals surface area contributed by atoms with E-state index >= 15 is 0 Å². The summed E-state index contributed by atoms with van der Waals surface area (Å²) in [5, 5.41) is 3.22. The highest BCUT2D eigenvalue weighted by Gasteiger charge is 2.09. The number of piperidine rings is 1. The molecule has 1 heterocycles. The summed E-state index contributed by atoms with van der Waals surface area (Å²) in [4.78, 5) is 0. The molecule has 0 spiro atoms. The third-order valence-electron chi connectivity index (χ3n) is 1.39. The number of nitrogens with one attached hydrogen (secondary N) is 1. The first kappa shape index (κ1) is 6.05. The van der Waals surface area contributed by atoms with Gasteiger partial charge in [0.15, 0.2) is 0 Å². The molecular weight excluding hydrogens is 102 g/mol. The van der Waals surface area contributed by atoms with Crippen molar-refractivity contribution in [3.05, 3.63) is 6.42 Å².